The number of rotatable bonds is 11. The Morgan fingerprint density at radius 1 is 1.08 bits per heavy atom. The Morgan fingerprint density at radius 2 is 1.67 bits per heavy atom. The van der Waals surface area contributed by atoms with E-state index in [-0.39, 0.29) is 42.6 Å². The van der Waals surface area contributed by atoms with Crippen molar-refractivity contribution in [2.24, 2.45) is 23.7 Å². The Labute approximate surface area is 216 Å². The highest BCUT2D eigenvalue weighted by Crippen LogP contribution is 2.52. The summed E-state index contributed by atoms with van der Waals surface area (Å²) < 4.78 is 21.6. The maximum atomic E-state index is 12.8. The number of alkyl halides is 1. The van der Waals surface area contributed by atoms with Gasteiger partial charge in [0.05, 0.1) is 24.2 Å². The smallest absolute Gasteiger partial charge is 0.348 e. The van der Waals surface area contributed by atoms with Gasteiger partial charge >= 0.3 is 17.9 Å². The summed E-state index contributed by atoms with van der Waals surface area (Å²) in [5, 5.41) is 33.3. The fraction of sp³-hybridized carbons (Fsp3) is 0.800. The van der Waals surface area contributed by atoms with E-state index in [1.54, 1.807) is 13.8 Å². The molecular weight excluding hydrogens is 496 g/mol. The molecular formula is C25H39ClO10. The van der Waals surface area contributed by atoms with E-state index in [4.69, 9.17) is 30.5 Å². The number of esters is 3. The Hall–Kier alpha value is -1.88. The number of fused-ring (bicyclic) bond motifs is 1. The summed E-state index contributed by atoms with van der Waals surface area (Å²) in [6.45, 7) is 10.3. The largest absolute Gasteiger partial charge is 0.462 e. The zero-order chi connectivity index (χ0) is 27.4. The molecule has 0 aromatic carbocycles. The summed E-state index contributed by atoms with van der Waals surface area (Å²) in [5.41, 5.74) is -3.96. The lowest BCUT2D eigenvalue weighted by Crippen LogP contribution is -2.58. The first-order chi connectivity index (χ1) is 16.6. The summed E-state index contributed by atoms with van der Waals surface area (Å²) >= 11 is 5.98. The van der Waals surface area contributed by atoms with E-state index in [2.05, 4.69) is 0 Å². The molecule has 1 aliphatic carbocycles. The van der Waals surface area contributed by atoms with Crippen molar-refractivity contribution < 1.29 is 48.7 Å². The Morgan fingerprint density at radius 3 is 2.19 bits per heavy atom. The van der Waals surface area contributed by atoms with Crippen molar-refractivity contribution in [1.29, 1.82) is 0 Å². The van der Waals surface area contributed by atoms with E-state index in [1.807, 2.05) is 27.7 Å². The van der Waals surface area contributed by atoms with Crippen LogP contribution in [0.5, 0.6) is 0 Å². The zero-order valence-electron chi connectivity index (χ0n) is 21.7. The third kappa shape index (κ3) is 6.70. The summed E-state index contributed by atoms with van der Waals surface area (Å²) in [5.74, 6) is -4.11. The van der Waals surface area contributed by atoms with Crippen LogP contribution in [0.1, 0.15) is 60.8 Å². The van der Waals surface area contributed by atoms with Crippen LogP contribution in [0.25, 0.3) is 0 Å². The van der Waals surface area contributed by atoms with Gasteiger partial charge in [-0.1, -0.05) is 41.5 Å². The maximum absolute atomic E-state index is 12.8. The van der Waals surface area contributed by atoms with E-state index >= 15 is 0 Å². The lowest BCUT2D eigenvalue weighted by molar-refractivity contribution is -0.227. The molecule has 11 heteroatoms. The molecule has 3 N–H and O–H groups in total. The molecule has 1 saturated carbocycles. The van der Waals surface area contributed by atoms with Gasteiger partial charge in [-0.05, 0) is 11.8 Å². The minimum atomic E-state index is -2.05. The van der Waals surface area contributed by atoms with Crippen LogP contribution in [0.15, 0.2) is 11.8 Å². The molecule has 0 aromatic heterocycles. The molecule has 0 spiro atoms. The minimum absolute atomic E-state index is 0.00453. The molecule has 1 unspecified atom stereocenters. The topological polar surface area (TPSA) is 149 Å². The molecule has 1 fully saturated rings. The molecule has 2 rings (SSSR count). The van der Waals surface area contributed by atoms with Crippen LogP contribution in [0.4, 0.5) is 0 Å². The molecule has 6 atom stereocenters. The SMILES string of the molecule is CC(C)CC(=O)OC(C(=O)OCC1=CO[C@@H](OC(=O)CC(C)C)[C@@H]2[C@@](O)(CCl)[C@@H](O)C[C@]12O)C(C)C. The zero-order valence-corrected chi connectivity index (χ0v) is 22.5. The number of aliphatic hydroxyl groups is 3. The fourth-order valence-electron chi connectivity index (χ4n) is 4.49. The van der Waals surface area contributed by atoms with Gasteiger partial charge in [0.1, 0.15) is 17.8 Å². The highest BCUT2D eigenvalue weighted by atomic mass is 35.5. The molecule has 10 nitrogen and oxygen atoms in total. The Bertz CT molecular complexity index is 841. The molecule has 0 aromatic rings. The normalized spacial score (nSPS) is 30.5. The first-order valence-electron chi connectivity index (χ1n) is 12.2. The molecule has 0 radical (unpaired) electrons. The van der Waals surface area contributed by atoms with Crippen LogP contribution < -0.4 is 0 Å². The summed E-state index contributed by atoms with van der Waals surface area (Å²) in [7, 11) is 0. The number of halogens is 1. The second-order valence-electron chi connectivity index (χ2n) is 10.8. The van der Waals surface area contributed by atoms with Crippen molar-refractivity contribution in [2.75, 3.05) is 12.5 Å². The van der Waals surface area contributed by atoms with Gasteiger partial charge in [0, 0.05) is 30.8 Å². The summed E-state index contributed by atoms with van der Waals surface area (Å²) in [4.78, 5) is 37.2. The Kier molecular flexibility index (Phi) is 10.2. The molecule has 206 valence electrons. The molecule has 0 saturated heterocycles. The van der Waals surface area contributed by atoms with Crippen molar-refractivity contribution in [3.8, 4) is 0 Å². The third-order valence-corrected chi connectivity index (χ3v) is 6.81. The number of hydrogen-bond acceptors (Lipinski definition) is 10. The van der Waals surface area contributed by atoms with Crippen molar-refractivity contribution in [3.63, 3.8) is 0 Å². The second kappa shape index (κ2) is 12.1. The van der Waals surface area contributed by atoms with Crippen LogP contribution in [0, 0.1) is 23.7 Å². The summed E-state index contributed by atoms with van der Waals surface area (Å²) in [6, 6.07) is 0. The van der Waals surface area contributed by atoms with Gasteiger partial charge in [0.2, 0.25) is 6.10 Å². The monoisotopic (exact) mass is 534 g/mol. The maximum Gasteiger partial charge on any atom is 0.348 e. The van der Waals surface area contributed by atoms with Gasteiger partial charge in [-0.25, -0.2) is 4.79 Å². The average Bonchev–Trinajstić information content (AvgIpc) is 2.96. The molecule has 1 aliphatic heterocycles. The number of carbonyl (C=O) groups excluding carboxylic acids is 3. The quantitative estimate of drug-likeness (QED) is 0.204. The molecule has 1 heterocycles. The van der Waals surface area contributed by atoms with Crippen molar-refractivity contribution in [1.82, 2.24) is 0 Å². The molecule has 36 heavy (non-hydrogen) atoms. The first kappa shape index (κ1) is 30.3. The number of hydrogen-bond donors (Lipinski definition) is 3. The van der Waals surface area contributed by atoms with Crippen LogP contribution >= 0.6 is 11.6 Å². The average molecular weight is 535 g/mol. The van der Waals surface area contributed by atoms with E-state index in [0.717, 1.165) is 6.26 Å². The van der Waals surface area contributed by atoms with Crippen molar-refractivity contribution in [2.45, 2.75) is 90.5 Å². The van der Waals surface area contributed by atoms with Crippen molar-refractivity contribution >= 4 is 29.5 Å². The van der Waals surface area contributed by atoms with E-state index in [1.165, 1.54) is 0 Å². The molecule has 0 amide bonds. The van der Waals surface area contributed by atoms with Crippen LogP contribution in [0.2, 0.25) is 0 Å². The highest BCUT2D eigenvalue weighted by molar-refractivity contribution is 6.18. The van der Waals surface area contributed by atoms with Gasteiger partial charge in [0.15, 0.2) is 0 Å². The summed E-state index contributed by atoms with van der Waals surface area (Å²) in [6.07, 6.45) is -3.11. The standard InChI is InChI=1S/C25H39ClO10/c1-13(2)7-18(28)35-20(15(5)6)22(30)33-10-16-11-34-23(36-19(29)8-14(3)4)21-24(16,31)9-17(27)25(21,32)12-26/h11,13-15,17,20-21,23,27,31-32H,7-10,12H2,1-6H3/t17-,20?,21-,23-,24-,25+/m0/s1. The van der Waals surface area contributed by atoms with Crippen LogP contribution in [0.3, 0.4) is 0 Å². The number of ether oxygens (including phenoxy) is 4. The van der Waals surface area contributed by atoms with Gasteiger partial charge in [-0.3, -0.25) is 9.59 Å². The lowest BCUT2D eigenvalue weighted by Gasteiger charge is -2.43. The number of aliphatic hydroxyl groups excluding tert-OH is 1. The predicted octanol–water partition coefficient (Wildman–Crippen LogP) is 2.05. The minimum Gasteiger partial charge on any atom is -0.462 e. The fourth-order valence-corrected chi connectivity index (χ4v) is 4.83. The molecule has 0 bridgehead atoms. The van der Waals surface area contributed by atoms with Gasteiger partial charge in [-0.2, -0.15) is 0 Å². The van der Waals surface area contributed by atoms with Gasteiger partial charge < -0.3 is 34.3 Å². The first-order valence-corrected chi connectivity index (χ1v) is 12.8. The van der Waals surface area contributed by atoms with E-state index in [0.29, 0.717) is 0 Å². The van der Waals surface area contributed by atoms with Crippen molar-refractivity contribution in [3.05, 3.63) is 11.8 Å². The molecule has 2 aliphatic rings. The predicted molar refractivity (Wildman–Crippen MR) is 128 cm³/mol. The van der Waals surface area contributed by atoms with Crippen LogP contribution in [-0.2, 0) is 33.3 Å². The van der Waals surface area contributed by atoms with Gasteiger partial charge in [-0.15, -0.1) is 11.6 Å². The Balaban J connectivity index is 2.23. The van der Waals surface area contributed by atoms with E-state index in [9.17, 15) is 29.7 Å². The highest BCUT2D eigenvalue weighted by Gasteiger charge is 2.68. The van der Waals surface area contributed by atoms with E-state index < -0.39 is 66.0 Å². The third-order valence-electron chi connectivity index (χ3n) is 6.38. The van der Waals surface area contributed by atoms with Crippen LogP contribution in [-0.4, -0.2) is 75.4 Å². The number of carbonyl (C=O) groups is 3. The lowest BCUT2D eigenvalue weighted by atomic mass is 9.77. The second-order valence-corrected chi connectivity index (χ2v) is 11.1. The van der Waals surface area contributed by atoms with Gasteiger partial charge in [0.25, 0.3) is 6.29 Å².